The van der Waals surface area contributed by atoms with Gasteiger partial charge in [0.05, 0.1) is 12.5 Å². The maximum Gasteiger partial charge on any atom is 0.391 e. The number of carbonyl (C=O) groups excluding carboxylic acids is 6. The van der Waals surface area contributed by atoms with Crippen molar-refractivity contribution in [2.45, 2.75) is 110 Å². The van der Waals surface area contributed by atoms with Gasteiger partial charge in [-0.15, -0.1) is 6.58 Å². The second-order valence-corrected chi connectivity index (χ2v) is 16.9. The van der Waals surface area contributed by atoms with E-state index in [1.165, 1.54) is 11.0 Å². The number of nitrogens with one attached hydrogen (secondary N) is 4. The quantitative estimate of drug-likeness (QED) is 0.175. The molecule has 1 aromatic rings. The molecule has 6 amide bonds. The van der Waals surface area contributed by atoms with Gasteiger partial charge in [-0.1, -0.05) is 78.2 Å². The number of ketones is 1. The van der Waals surface area contributed by atoms with Crippen molar-refractivity contribution in [1.29, 1.82) is 0 Å². The summed E-state index contributed by atoms with van der Waals surface area (Å²) in [5.74, 6) is -5.19. The third-order valence-corrected chi connectivity index (χ3v) is 11.8. The van der Waals surface area contributed by atoms with E-state index in [0.717, 1.165) is 24.8 Å². The summed E-state index contributed by atoms with van der Waals surface area (Å²) >= 11 is 0. The number of rotatable bonds is 13. The smallest absolute Gasteiger partial charge is 0.346 e. The summed E-state index contributed by atoms with van der Waals surface area (Å²) < 4.78 is 40.9. The number of Topliss-reactive ketones (excluding diaryl/α,β-unsaturated/α-hetero) is 1. The van der Waals surface area contributed by atoms with E-state index >= 15 is 0 Å². The average molecular weight is 759 g/mol. The minimum absolute atomic E-state index is 0.131. The highest BCUT2D eigenvalue weighted by Crippen LogP contribution is 2.65. The number of carbonyl (C=O) groups is 6. The Morgan fingerprint density at radius 1 is 1.00 bits per heavy atom. The first-order chi connectivity index (χ1) is 25.2. The van der Waals surface area contributed by atoms with Crippen molar-refractivity contribution in [2.24, 2.45) is 28.6 Å². The third-order valence-electron chi connectivity index (χ3n) is 11.8. The van der Waals surface area contributed by atoms with E-state index in [1.54, 1.807) is 17.0 Å². The molecule has 6 atom stereocenters. The number of piperidine rings is 1. The summed E-state index contributed by atoms with van der Waals surface area (Å²) in [5, 5.41) is 10.3. The maximum absolute atomic E-state index is 14.6. The summed E-state index contributed by atoms with van der Waals surface area (Å²) in [6, 6.07) is 1.74. The molecule has 2 saturated carbocycles. The standard InChI is InChI=1S/C39H53F3N6O6/c1-7-17-43-33(51)31(49)26(18-39(40,41)42)44-32(50)30-28-25(38(28,5)6)20-48(30)35(53)29(22-13-9-8-10-14-22)46-36(54)45-27(37(2,3)4)21-47-19-23-15-11-12-16-24(23)34(47)52/h7,11-12,15-16,22,25-30H,1,8-10,13-14,17-21H2,2-6H3,(H,43,51)(H,44,50)(H2,45,46,54)/t25-,26?,27+,28-,29-,30-/m0/s1. The molecule has 0 spiro atoms. The predicted molar refractivity (Wildman–Crippen MR) is 194 cm³/mol. The Labute approximate surface area is 314 Å². The Balaban J connectivity index is 1.35. The molecular formula is C39H53F3N6O6. The lowest BCUT2D eigenvalue weighted by atomic mass is 9.83. The number of benzene rings is 1. The average Bonchev–Trinajstić information content (AvgIpc) is 3.38. The molecule has 3 fully saturated rings. The van der Waals surface area contributed by atoms with Crippen molar-refractivity contribution < 1.29 is 41.9 Å². The van der Waals surface area contributed by atoms with Gasteiger partial charge in [-0.3, -0.25) is 24.0 Å². The summed E-state index contributed by atoms with van der Waals surface area (Å²) in [7, 11) is 0. The van der Waals surface area contributed by atoms with Crippen molar-refractivity contribution in [3.05, 3.63) is 48.0 Å². The Morgan fingerprint density at radius 3 is 2.28 bits per heavy atom. The number of urea groups is 1. The number of hydrogen-bond donors (Lipinski definition) is 4. The van der Waals surface area contributed by atoms with E-state index < -0.39 is 83.0 Å². The topological polar surface area (TPSA) is 157 Å². The van der Waals surface area contributed by atoms with Crippen LogP contribution in [0.3, 0.4) is 0 Å². The summed E-state index contributed by atoms with van der Waals surface area (Å²) in [6.45, 7) is 13.7. The van der Waals surface area contributed by atoms with Crippen molar-refractivity contribution in [1.82, 2.24) is 31.1 Å². The number of fused-ring (bicyclic) bond motifs is 2. The lowest BCUT2D eigenvalue weighted by Crippen LogP contribution is -2.62. The number of nitrogens with zero attached hydrogens (tertiary/aromatic N) is 2. The van der Waals surface area contributed by atoms with E-state index in [0.29, 0.717) is 24.9 Å². The van der Waals surface area contributed by atoms with E-state index in [2.05, 4.69) is 27.8 Å². The van der Waals surface area contributed by atoms with E-state index in [1.807, 2.05) is 46.8 Å². The molecule has 12 nitrogen and oxygen atoms in total. The SMILES string of the molecule is C=CCNC(=O)C(=O)C(CC(F)(F)F)NC(=O)[C@@H]1[C@@H]2[C@H](CN1C(=O)[C@@H](NC(=O)N[C@H](CN1Cc3ccccc3C1=O)C(C)(C)C)C1CCCCC1)C2(C)C. The number of hydrogen-bond acceptors (Lipinski definition) is 6. The monoisotopic (exact) mass is 758 g/mol. The molecule has 296 valence electrons. The van der Waals surface area contributed by atoms with Gasteiger partial charge in [0.1, 0.15) is 18.1 Å². The molecule has 4 aliphatic rings. The zero-order chi connectivity index (χ0) is 39.7. The Kier molecular flexibility index (Phi) is 11.9. The number of alkyl halides is 3. The third kappa shape index (κ3) is 8.92. The van der Waals surface area contributed by atoms with Gasteiger partial charge in [0.25, 0.3) is 11.8 Å². The molecule has 0 bridgehead atoms. The first-order valence-corrected chi connectivity index (χ1v) is 18.8. The molecule has 0 radical (unpaired) electrons. The van der Waals surface area contributed by atoms with Crippen LogP contribution in [-0.4, -0.2) is 95.2 Å². The highest BCUT2D eigenvalue weighted by molar-refractivity contribution is 6.38. The summed E-state index contributed by atoms with van der Waals surface area (Å²) in [5.41, 5.74) is 0.613. The number of likely N-dealkylation sites (tertiary alicyclic amines) is 1. The van der Waals surface area contributed by atoms with Gasteiger partial charge in [-0.05, 0) is 53.1 Å². The van der Waals surface area contributed by atoms with Gasteiger partial charge < -0.3 is 31.1 Å². The first kappa shape index (κ1) is 40.7. The van der Waals surface area contributed by atoms with Gasteiger partial charge in [-0.25, -0.2) is 4.79 Å². The van der Waals surface area contributed by atoms with Crippen molar-refractivity contribution in [3.8, 4) is 0 Å². The van der Waals surface area contributed by atoms with Gasteiger partial charge in [0.2, 0.25) is 17.6 Å². The fourth-order valence-electron chi connectivity index (χ4n) is 8.51. The van der Waals surface area contributed by atoms with Crippen LogP contribution in [-0.2, 0) is 25.7 Å². The molecule has 4 N–H and O–H groups in total. The van der Waals surface area contributed by atoms with Crippen LogP contribution in [0.15, 0.2) is 36.9 Å². The number of halogens is 3. The molecule has 2 heterocycles. The van der Waals surface area contributed by atoms with E-state index in [9.17, 15) is 41.9 Å². The summed E-state index contributed by atoms with van der Waals surface area (Å²) in [4.78, 5) is 83.9. The van der Waals surface area contributed by atoms with Crippen molar-refractivity contribution >= 4 is 35.4 Å². The van der Waals surface area contributed by atoms with Crippen LogP contribution in [0.5, 0.6) is 0 Å². The normalized spacial score (nSPS) is 23.7. The fraction of sp³-hybridized carbons (Fsp3) is 0.641. The molecule has 15 heteroatoms. The minimum Gasteiger partial charge on any atom is -0.346 e. The zero-order valence-electron chi connectivity index (χ0n) is 31.7. The van der Waals surface area contributed by atoms with Crippen LogP contribution >= 0.6 is 0 Å². The van der Waals surface area contributed by atoms with Crippen LogP contribution in [0.2, 0.25) is 0 Å². The van der Waals surface area contributed by atoms with Gasteiger partial charge >= 0.3 is 12.2 Å². The van der Waals surface area contributed by atoms with Crippen molar-refractivity contribution in [2.75, 3.05) is 19.6 Å². The van der Waals surface area contributed by atoms with Crippen LogP contribution in [0, 0.1) is 28.6 Å². The molecule has 1 saturated heterocycles. The molecular weight excluding hydrogens is 705 g/mol. The molecule has 2 aliphatic heterocycles. The van der Waals surface area contributed by atoms with Crippen LogP contribution in [0.1, 0.15) is 89.1 Å². The zero-order valence-corrected chi connectivity index (χ0v) is 31.7. The fourth-order valence-corrected chi connectivity index (χ4v) is 8.51. The van der Waals surface area contributed by atoms with E-state index in [-0.39, 0.29) is 37.4 Å². The minimum atomic E-state index is -4.89. The largest absolute Gasteiger partial charge is 0.391 e. The Hall–Kier alpha value is -4.43. The lowest BCUT2D eigenvalue weighted by molar-refractivity contribution is -0.155. The molecule has 54 heavy (non-hydrogen) atoms. The second-order valence-electron chi connectivity index (χ2n) is 16.9. The molecule has 2 aliphatic carbocycles. The first-order valence-electron chi connectivity index (χ1n) is 18.8. The van der Waals surface area contributed by atoms with Crippen LogP contribution in [0.25, 0.3) is 0 Å². The van der Waals surface area contributed by atoms with Gasteiger partial charge in [0, 0.05) is 31.7 Å². The van der Waals surface area contributed by atoms with Crippen LogP contribution < -0.4 is 21.3 Å². The molecule has 1 aromatic carbocycles. The Morgan fingerprint density at radius 2 is 1.67 bits per heavy atom. The highest BCUT2D eigenvalue weighted by atomic mass is 19.4. The Bertz CT molecular complexity index is 1650. The second kappa shape index (κ2) is 15.7. The molecule has 0 aromatic heterocycles. The molecule has 1 unspecified atom stereocenters. The number of amides is 6. The van der Waals surface area contributed by atoms with Crippen LogP contribution in [0.4, 0.5) is 18.0 Å². The summed E-state index contributed by atoms with van der Waals surface area (Å²) in [6.07, 6.45) is -1.49. The van der Waals surface area contributed by atoms with E-state index in [4.69, 9.17) is 0 Å². The van der Waals surface area contributed by atoms with Gasteiger partial charge in [0.15, 0.2) is 0 Å². The highest BCUT2D eigenvalue weighted by Gasteiger charge is 2.70. The molecule has 5 rings (SSSR count). The van der Waals surface area contributed by atoms with Gasteiger partial charge in [-0.2, -0.15) is 13.2 Å². The van der Waals surface area contributed by atoms with Crippen molar-refractivity contribution in [3.63, 3.8) is 0 Å². The lowest BCUT2D eigenvalue weighted by Gasteiger charge is -2.38. The predicted octanol–water partition coefficient (Wildman–Crippen LogP) is 4.10. The maximum atomic E-state index is 14.6.